The highest BCUT2D eigenvalue weighted by molar-refractivity contribution is 6.38. The Labute approximate surface area is 268 Å². The topological polar surface area (TPSA) is 154 Å². The van der Waals surface area contributed by atoms with Crippen molar-refractivity contribution >= 4 is 35.3 Å². The fourth-order valence-corrected chi connectivity index (χ4v) is 7.00. The molecule has 11 heteroatoms. The molecule has 3 fully saturated rings. The van der Waals surface area contributed by atoms with E-state index in [-0.39, 0.29) is 60.2 Å². The molecule has 0 spiro atoms. The molecule has 5 amide bonds. The number of nitrogens with one attached hydrogen (secondary N) is 4. The first kappa shape index (κ1) is 36.2. The molecule has 1 aliphatic heterocycles. The number of piperidine rings is 1. The third-order valence-corrected chi connectivity index (χ3v) is 9.74. The van der Waals surface area contributed by atoms with Crippen molar-refractivity contribution in [3.8, 4) is 0 Å². The van der Waals surface area contributed by atoms with Crippen LogP contribution in [-0.4, -0.2) is 77.0 Å². The monoisotopic (exact) mass is 629 g/mol. The predicted molar refractivity (Wildman–Crippen MR) is 172 cm³/mol. The van der Waals surface area contributed by atoms with Gasteiger partial charge in [-0.05, 0) is 69.6 Å². The lowest BCUT2D eigenvalue weighted by Gasteiger charge is -2.37. The van der Waals surface area contributed by atoms with E-state index >= 15 is 0 Å². The number of hydrogen-bond donors (Lipinski definition) is 4. The second kappa shape index (κ2) is 14.9. The van der Waals surface area contributed by atoms with Crippen molar-refractivity contribution in [2.24, 2.45) is 29.1 Å². The Kier molecular flexibility index (Phi) is 12.0. The van der Waals surface area contributed by atoms with E-state index < -0.39 is 47.3 Å². The number of ketones is 2. The minimum Gasteiger partial charge on any atom is -0.349 e. The highest BCUT2D eigenvalue weighted by Crippen LogP contribution is 2.65. The van der Waals surface area contributed by atoms with Gasteiger partial charge in [0, 0.05) is 31.0 Å². The Hall–Kier alpha value is -3.24. The molecular weight excluding hydrogens is 574 g/mol. The first-order valence-corrected chi connectivity index (χ1v) is 16.6. The van der Waals surface area contributed by atoms with Crippen molar-refractivity contribution in [2.45, 2.75) is 123 Å². The summed E-state index contributed by atoms with van der Waals surface area (Å²) in [7, 11) is 0. The Morgan fingerprint density at radius 1 is 1.00 bits per heavy atom. The molecule has 2 saturated carbocycles. The summed E-state index contributed by atoms with van der Waals surface area (Å²) in [5.74, 6) is -2.67. The molecule has 1 heterocycles. The molecule has 45 heavy (non-hydrogen) atoms. The number of rotatable bonds is 14. The summed E-state index contributed by atoms with van der Waals surface area (Å²) in [6, 6.07) is -3.14. The number of nitrogens with zero attached hydrogens (tertiary/aromatic N) is 1. The first-order chi connectivity index (χ1) is 21.0. The van der Waals surface area contributed by atoms with Crippen LogP contribution >= 0.6 is 0 Å². The van der Waals surface area contributed by atoms with Gasteiger partial charge in [0.1, 0.15) is 17.9 Å². The SMILES string of the molecule is C=CCC[C@H](NC(=O)[C@@H]1[C@@H]2[C@H](CN1C(=O)[C@@H](NC(=O)NC(C)(C)C)C1CCCCC1)C2(C)C)C(=O)C(=O)NCCC(=O)C(C)C. The normalized spacial score (nSPS) is 23.7. The van der Waals surface area contributed by atoms with Gasteiger partial charge >= 0.3 is 6.03 Å². The van der Waals surface area contributed by atoms with Gasteiger partial charge < -0.3 is 26.2 Å². The summed E-state index contributed by atoms with van der Waals surface area (Å²) in [5.41, 5.74) is -0.660. The number of urea groups is 1. The molecule has 0 bridgehead atoms. The Bertz CT molecular complexity index is 1150. The molecule has 252 valence electrons. The van der Waals surface area contributed by atoms with Crippen LogP contribution in [0.2, 0.25) is 0 Å². The number of hydrogen-bond acceptors (Lipinski definition) is 6. The molecule has 3 rings (SSSR count). The van der Waals surface area contributed by atoms with Crippen molar-refractivity contribution in [2.75, 3.05) is 13.1 Å². The van der Waals surface area contributed by atoms with Crippen LogP contribution in [0.4, 0.5) is 4.79 Å². The van der Waals surface area contributed by atoms with E-state index in [2.05, 4.69) is 41.7 Å². The van der Waals surface area contributed by atoms with Gasteiger partial charge in [0.2, 0.25) is 17.6 Å². The molecule has 2 aliphatic carbocycles. The molecular formula is C34H55N5O6. The van der Waals surface area contributed by atoms with Gasteiger partial charge in [-0.15, -0.1) is 6.58 Å². The molecule has 0 radical (unpaired) electrons. The van der Waals surface area contributed by atoms with Gasteiger partial charge in [0.05, 0.1) is 6.04 Å². The number of Topliss-reactive ketones (excluding diaryl/α,β-unsaturated/α-hetero) is 2. The number of carbonyl (C=O) groups is 6. The maximum Gasteiger partial charge on any atom is 0.315 e. The lowest BCUT2D eigenvalue weighted by molar-refractivity contribution is -0.145. The highest BCUT2D eigenvalue weighted by atomic mass is 16.2. The van der Waals surface area contributed by atoms with Crippen molar-refractivity contribution in [1.82, 2.24) is 26.2 Å². The molecule has 0 aromatic rings. The van der Waals surface area contributed by atoms with Gasteiger partial charge in [-0.25, -0.2) is 4.79 Å². The van der Waals surface area contributed by atoms with Crippen LogP contribution < -0.4 is 21.3 Å². The zero-order valence-electron chi connectivity index (χ0n) is 28.3. The smallest absolute Gasteiger partial charge is 0.315 e. The second-order valence-corrected chi connectivity index (χ2v) is 15.0. The average molecular weight is 630 g/mol. The van der Waals surface area contributed by atoms with Crippen LogP contribution in [0.15, 0.2) is 12.7 Å². The third-order valence-electron chi connectivity index (χ3n) is 9.74. The van der Waals surface area contributed by atoms with E-state index in [0.717, 1.165) is 32.1 Å². The number of likely N-dealkylation sites (tertiary alicyclic amines) is 1. The number of allylic oxidation sites excluding steroid dienone is 1. The van der Waals surface area contributed by atoms with E-state index in [9.17, 15) is 28.8 Å². The Balaban J connectivity index is 1.80. The van der Waals surface area contributed by atoms with E-state index in [1.165, 1.54) is 0 Å². The minimum absolute atomic E-state index is 0.0243. The van der Waals surface area contributed by atoms with Gasteiger partial charge in [0.15, 0.2) is 0 Å². The average Bonchev–Trinajstić information content (AvgIpc) is 3.28. The summed E-state index contributed by atoms with van der Waals surface area (Å²) in [6.07, 6.45) is 6.93. The molecule has 0 unspecified atom stereocenters. The van der Waals surface area contributed by atoms with E-state index in [4.69, 9.17) is 0 Å². The third kappa shape index (κ3) is 9.16. The summed E-state index contributed by atoms with van der Waals surface area (Å²) < 4.78 is 0. The largest absolute Gasteiger partial charge is 0.349 e. The van der Waals surface area contributed by atoms with Gasteiger partial charge in [-0.2, -0.15) is 0 Å². The van der Waals surface area contributed by atoms with Crippen LogP contribution in [-0.2, 0) is 24.0 Å². The number of amides is 5. The number of fused-ring (bicyclic) bond motifs is 1. The van der Waals surface area contributed by atoms with E-state index in [1.807, 2.05) is 20.8 Å². The summed E-state index contributed by atoms with van der Waals surface area (Å²) in [6.45, 7) is 17.4. The Morgan fingerprint density at radius 2 is 1.64 bits per heavy atom. The van der Waals surface area contributed by atoms with Crippen molar-refractivity contribution in [1.29, 1.82) is 0 Å². The molecule has 11 nitrogen and oxygen atoms in total. The molecule has 5 atom stereocenters. The van der Waals surface area contributed by atoms with Crippen molar-refractivity contribution in [3.05, 3.63) is 12.7 Å². The predicted octanol–water partition coefficient (Wildman–Crippen LogP) is 3.27. The van der Waals surface area contributed by atoms with E-state index in [1.54, 1.807) is 24.8 Å². The second-order valence-electron chi connectivity index (χ2n) is 15.0. The first-order valence-electron chi connectivity index (χ1n) is 16.6. The zero-order chi connectivity index (χ0) is 33.7. The van der Waals surface area contributed by atoms with Crippen LogP contribution in [0.25, 0.3) is 0 Å². The summed E-state index contributed by atoms with van der Waals surface area (Å²) in [4.78, 5) is 80.8. The lowest BCUT2D eigenvalue weighted by atomic mass is 9.83. The summed E-state index contributed by atoms with van der Waals surface area (Å²) >= 11 is 0. The van der Waals surface area contributed by atoms with Gasteiger partial charge in [-0.3, -0.25) is 24.0 Å². The molecule has 0 aromatic heterocycles. The van der Waals surface area contributed by atoms with Gasteiger partial charge in [0.25, 0.3) is 5.91 Å². The van der Waals surface area contributed by atoms with Crippen LogP contribution in [0, 0.1) is 29.1 Å². The zero-order valence-corrected chi connectivity index (χ0v) is 28.3. The van der Waals surface area contributed by atoms with Crippen LogP contribution in [0.1, 0.15) is 99.8 Å². The lowest BCUT2D eigenvalue weighted by Crippen LogP contribution is -2.61. The number of carbonyl (C=O) groups excluding carboxylic acids is 6. The molecule has 1 saturated heterocycles. The standard InChI is InChI=1S/C34H55N5O6/c1-9-10-16-23(28(41)30(43)35-18-17-24(40)20(2)3)36-29(42)27-25-22(34(25,7)8)19-39(27)31(44)26(21-14-12-11-13-15-21)37-32(45)38-33(4,5)6/h9,20-23,25-27H,1,10-19H2,2-8H3,(H,35,43)(H,36,42)(H2,37,38,45)/t22-,23-,25-,26-,27-/m0/s1. The van der Waals surface area contributed by atoms with Crippen LogP contribution in [0.3, 0.4) is 0 Å². The van der Waals surface area contributed by atoms with E-state index in [0.29, 0.717) is 13.0 Å². The van der Waals surface area contributed by atoms with Crippen molar-refractivity contribution < 1.29 is 28.8 Å². The Morgan fingerprint density at radius 3 is 2.22 bits per heavy atom. The fourth-order valence-electron chi connectivity index (χ4n) is 7.00. The molecule has 3 aliphatic rings. The van der Waals surface area contributed by atoms with Gasteiger partial charge in [-0.1, -0.05) is 53.0 Å². The molecule has 4 N–H and O–H groups in total. The maximum absolute atomic E-state index is 14.3. The summed E-state index contributed by atoms with van der Waals surface area (Å²) in [5, 5.41) is 11.2. The quantitative estimate of drug-likeness (QED) is 0.171. The fraction of sp³-hybridized carbons (Fsp3) is 0.765. The highest BCUT2D eigenvalue weighted by Gasteiger charge is 2.69. The molecule has 0 aromatic carbocycles. The van der Waals surface area contributed by atoms with Crippen LogP contribution in [0.5, 0.6) is 0 Å². The maximum atomic E-state index is 14.3. The van der Waals surface area contributed by atoms with Crippen molar-refractivity contribution in [3.63, 3.8) is 0 Å². The minimum atomic E-state index is -1.11.